The van der Waals surface area contributed by atoms with Crippen LogP contribution in [0.5, 0.6) is 0 Å². The van der Waals surface area contributed by atoms with E-state index in [0.717, 1.165) is 22.3 Å². The highest BCUT2D eigenvalue weighted by Crippen LogP contribution is 2.39. The van der Waals surface area contributed by atoms with Crippen molar-refractivity contribution in [3.8, 4) is 22.3 Å². The predicted molar refractivity (Wildman–Crippen MR) is 150 cm³/mol. The van der Waals surface area contributed by atoms with E-state index in [1.165, 1.54) is 4.57 Å². The monoisotopic (exact) mass is 548 g/mol. The smallest absolute Gasteiger partial charge is 0.250 e. The van der Waals surface area contributed by atoms with E-state index >= 15 is 0 Å². The van der Waals surface area contributed by atoms with E-state index in [2.05, 4.69) is 4.72 Å². The van der Waals surface area contributed by atoms with Gasteiger partial charge in [-0.2, -0.15) is 0 Å². The zero-order chi connectivity index (χ0) is 26.8. The molecule has 1 aromatic heterocycles. The van der Waals surface area contributed by atoms with Gasteiger partial charge in [-0.15, -0.1) is 4.72 Å². The Bertz CT molecular complexity index is 1410. The minimum Gasteiger partial charge on any atom is -0.598 e. The van der Waals surface area contributed by atoms with Crippen molar-refractivity contribution in [2.24, 2.45) is 7.05 Å². The summed E-state index contributed by atoms with van der Waals surface area (Å²) in [5.41, 5.74) is 4.18. The highest BCUT2D eigenvalue weighted by atomic mass is 35.5. The van der Waals surface area contributed by atoms with Crippen LogP contribution in [-0.4, -0.2) is 28.0 Å². The third-order valence-electron chi connectivity index (χ3n) is 5.93. The van der Waals surface area contributed by atoms with Gasteiger partial charge >= 0.3 is 0 Å². The Morgan fingerprint density at radius 3 is 2.33 bits per heavy atom. The minimum absolute atomic E-state index is 0.0409. The molecule has 0 amide bonds. The second-order valence-electron chi connectivity index (χ2n) is 9.85. The number of halogens is 1. The molecule has 2 atom stereocenters. The summed E-state index contributed by atoms with van der Waals surface area (Å²) in [5.74, 6) is -0.0541. The molecule has 194 valence electrons. The number of sulfone groups is 1. The molecule has 9 heteroatoms. The molecule has 36 heavy (non-hydrogen) atoms. The van der Waals surface area contributed by atoms with Gasteiger partial charge in [-0.1, -0.05) is 48.9 Å². The quantitative estimate of drug-likeness (QED) is 0.379. The molecule has 0 saturated carbocycles. The van der Waals surface area contributed by atoms with Gasteiger partial charge in [-0.3, -0.25) is 4.79 Å². The number of aryl methyl sites for hydroxylation is 1. The number of benzene rings is 2. The summed E-state index contributed by atoms with van der Waals surface area (Å²) in [7, 11) is -1.60. The fourth-order valence-corrected chi connectivity index (χ4v) is 5.73. The number of aromatic nitrogens is 1. The average Bonchev–Trinajstić information content (AvgIpc) is 2.80. The van der Waals surface area contributed by atoms with Gasteiger partial charge in [0.15, 0.2) is 9.84 Å². The van der Waals surface area contributed by atoms with Gasteiger partial charge in [0.2, 0.25) is 0 Å². The SMILES string of the molecule is CCS(=O)(=O)Cc1ccc(-c2ccccc2Cl)c(-c2cn(C)c(=O)cc2[C@H](C)N[S+]([O-])C(C)(C)C)c1. The lowest BCUT2D eigenvalue weighted by Crippen LogP contribution is -2.41. The molecular formula is C27H33ClN2O4S2. The van der Waals surface area contributed by atoms with Crippen molar-refractivity contribution < 1.29 is 13.0 Å². The van der Waals surface area contributed by atoms with Crippen LogP contribution >= 0.6 is 11.6 Å². The molecule has 1 N–H and O–H groups in total. The van der Waals surface area contributed by atoms with Crippen molar-refractivity contribution in [1.29, 1.82) is 0 Å². The van der Waals surface area contributed by atoms with E-state index in [4.69, 9.17) is 11.6 Å². The first kappa shape index (κ1) is 28.5. The first-order valence-electron chi connectivity index (χ1n) is 11.7. The van der Waals surface area contributed by atoms with Crippen molar-refractivity contribution in [2.75, 3.05) is 5.75 Å². The van der Waals surface area contributed by atoms with Gasteiger partial charge in [-0.05, 0) is 62.1 Å². The third-order valence-corrected chi connectivity index (χ3v) is 9.59. The first-order valence-corrected chi connectivity index (χ1v) is 15.1. The van der Waals surface area contributed by atoms with Gasteiger partial charge in [-0.25, -0.2) is 8.42 Å². The molecule has 0 fully saturated rings. The zero-order valence-corrected chi connectivity index (χ0v) is 23.9. The van der Waals surface area contributed by atoms with Gasteiger partial charge in [0, 0.05) is 52.6 Å². The number of nitrogens with zero attached hydrogens (tertiary/aromatic N) is 1. The molecule has 0 aliphatic rings. The summed E-state index contributed by atoms with van der Waals surface area (Å²) < 4.78 is 41.8. The Labute approximate surface area is 221 Å². The van der Waals surface area contributed by atoms with Crippen LogP contribution in [0.2, 0.25) is 5.02 Å². The largest absolute Gasteiger partial charge is 0.598 e. The van der Waals surface area contributed by atoms with Crippen molar-refractivity contribution in [3.63, 3.8) is 0 Å². The van der Waals surface area contributed by atoms with Crippen molar-refractivity contribution in [1.82, 2.24) is 9.29 Å². The highest BCUT2D eigenvalue weighted by Gasteiger charge is 2.30. The van der Waals surface area contributed by atoms with Crippen molar-refractivity contribution in [2.45, 2.75) is 51.2 Å². The second kappa shape index (κ2) is 11.1. The maximum atomic E-state index is 12.9. The van der Waals surface area contributed by atoms with Crippen LogP contribution in [0, 0.1) is 0 Å². The molecule has 3 aromatic rings. The number of hydrogen-bond acceptors (Lipinski definition) is 5. The number of rotatable bonds is 8. The molecular weight excluding hydrogens is 516 g/mol. The standard InChI is InChI=1S/C27H33ClN2O4S2/c1-7-36(33,34)17-19-12-13-20(21-10-8-9-11-25(21)28)23(14-19)24-16-30(6)26(31)15-22(24)18(2)29-35(32)27(3,4)5/h8-16,18,29H,7,17H2,1-6H3/t18-,35?/m0/s1. The summed E-state index contributed by atoms with van der Waals surface area (Å²) in [4.78, 5) is 12.7. The Morgan fingerprint density at radius 1 is 1.06 bits per heavy atom. The van der Waals surface area contributed by atoms with Crippen LogP contribution in [0.15, 0.2) is 59.5 Å². The van der Waals surface area contributed by atoms with Crippen LogP contribution in [-0.2, 0) is 34.0 Å². The zero-order valence-electron chi connectivity index (χ0n) is 21.5. The van der Waals surface area contributed by atoms with Gasteiger partial charge < -0.3 is 9.12 Å². The first-order chi connectivity index (χ1) is 16.7. The summed E-state index contributed by atoms with van der Waals surface area (Å²) in [6, 6.07) is 14.1. The summed E-state index contributed by atoms with van der Waals surface area (Å²) in [6.45, 7) is 9.12. The average molecular weight is 549 g/mol. The summed E-state index contributed by atoms with van der Waals surface area (Å²) in [6.07, 6.45) is 1.74. The molecule has 0 aliphatic heterocycles. The number of nitrogens with one attached hydrogen (secondary N) is 1. The molecule has 0 saturated heterocycles. The van der Waals surface area contributed by atoms with E-state index in [1.807, 2.05) is 58.0 Å². The lowest BCUT2D eigenvalue weighted by Gasteiger charge is -2.28. The van der Waals surface area contributed by atoms with Gasteiger partial charge in [0.05, 0.1) is 11.8 Å². The van der Waals surface area contributed by atoms with E-state index < -0.39 is 32.0 Å². The molecule has 6 nitrogen and oxygen atoms in total. The molecule has 2 aromatic carbocycles. The van der Waals surface area contributed by atoms with Crippen molar-refractivity contribution in [3.05, 3.63) is 81.2 Å². The molecule has 0 aliphatic carbocycles. The molecule has 3 rings (SSSR count). The van der Waals surface area contributed by atoms with E-state index in [1.54, 1.807) is 38.4 Å². The Kier molecular flexibility index (Phi) is 8.78. The fourth-order valence-electron chi connectivity index (χ4n) is 3.80. The molecule has 1 heterocycles. The minimum atomic E-state index is -3.26. The van der Waals surface area contributed by atoms with Crippen LogP contribution in [0.3, 0.4) is 0 Å². The van der Waals surface area contributed by atoms with Crippen molar-refractivity contribution >= 4 is 32.8 Å². The normalized spacial score (nSPS) is 14.0. The third kappa shape index (κ3) is 6.61. The van der Waals surface area contributed by atoms with E-state index in [9.17, 15) is 17.8 Å². The van der Waals surface area contributed by atoms with Crippen LogP contribution < -0.4 is 10.3 Å². The number of pyridine rings is 1. The molecule has 1 unspecified atom stereocenters. The fraction of sp³-hybridized carbons (Fsp3) is 0.370. The highest BCUT2D eigenvalue weighted by molar-refractivity contribution is 7.91. The van der Waals surface area contributed by atoms with E-state index in [-0.39, 0.29) is 17.1 Å². The maximum Gasteiger partial charge on any atom is 0.250 e. The molecule has 0 radical (unpaired) electrons. The van der Waals surface area contributed by atoms with E-state index in [0.29, 0.717) is 16.1 Å². The maximum absolute atomic E-state index is 12.9. The summed E-state index contributed by atoms with van der Waals surface area (Å²) in [5, 5.41) is 0.555. The van der Waals surface area contributed by atoms with Gasteiger partial charge in [0.1, 0.15) is 4.75 Å². The Morgan fingerprint density at radius 2 is 1.72 bits per heavy atom. The molecule has 0 spiro atoms. The van der Waals surface area contributed by atoms with Crippen LogP contribution in [0.25, 0.3) is 22.3 Å². The predicted octanol–water partition coefficient (Wildman–Crippen LogP) is 5.42. The summed E-state index contributed by atoms with van der Waals surface area (Å²) >= 11 is 5.19. The topological polar surface area (TPSA) is 91.2 Å². The second-order valence-corrected chi connectivity index (χ2v) is 14.6. The molecule has 0 bridgehead atoms. The Hall–Kier alpha value is -2.10. The van der Waals surface area contributed by atoms with Crippen LogP contribution in [0.1, 0.15) is 51.8 Å². The van der Waals surface area contributed by atoms with Gasteiger partial charge in [0.25, 0.3) is 5.56 Å². The lowest BCUT2D eigenvalue weighted by molar-refractivity contribution is 0.531. The lowest BCUT2D eigenvalue weighted by atomic mass is 9.90. The van der Waals surface area contributed by atoms with Crippen LogP contribution in [0.4, 0.5) is 0 Å². The Balaban J connectivity index is 2.29. The number of hydrogen-bond donors (Lipinski definition) is 1.